The number of rotatable bonds is 2. The van der Waals surface area contributed by atoms with Crippen LogP contribution in [0.4, 0.5) is 10.1 Å². The quantitative estimate of drug-likeness (QED) is 0.701. The third kappa shape index (κ3) is 2.65. The molecular formula is C12H14FN3O2. The van der Waals surface area contributed by atoms with Gasteiger partial charge >= 0.3 is 0 Å². The Kier molecular flexibility index (Phi) is 3.57. The van der Waals surface area contributed by atoms with Crippen LogP contribution in [0.15, 0.2) is 18.2 Å². The van der Waals surface area contributed by atoms with E-state index in [1.54, 1.807) is 19.1 Å². The molecule has 6 heteroatoms. The minimum atomic E-state index is -0.540. The molecule has 1 aromatic rings. The SMILES string of the molecule is Cc1cccc(F)c1NC(=O)C1CNC(=O)CN1. The van der Waals surface area contributed by atoms with Crippen LogP contribution in [-0.4, -0.2) is 30.9 Å². The topological polar surface area (TPSA) is 70.2 Å². The third-order valence-corrected chi connectivity index (χ3v) is 2.80. The van der Waals surface area contributed by atoms with Crippen LogP contribution in [0.3, 0.4) is 0 Å². The Hall–Kier alpha value is -1.95. The maximum absolute atomic E-state index is 13.5. The first-order valence-corrected chi connectivity index (χ1v) is 5.64. The van der Waals surface area contributed by atoms with Crippen molar-refractivity contribution in [1.82, 2.24) is 10.6 Å². The second-order valence-corrected chi connectivity index (χ2v) is 4.16. The van der Waals surface area contributed by atoms with E-state index >= 15 is 0 Å². The maximum atomic E-state index is 13.5. The second kappa shape index (κ2) is 5.14. The summed E-state index contributed by atoms with van der Waals surface area (Å²) in [6.45, 7) is 2.02. The molecule has 0 aromatic heterocycles. The number of anilines is 1. The zero-order chi connectivity index (χ0) is 13.1. The van der Waals surface area contributed by atoms with Crippen molar-refractivity contribution in [3.05, 3.63) is 29.6 Å². The zero-order valence-corrected chi connectivity index (χ0v) is 9.92. The predicted molar refractivity (Wildman–Crippen MR) is 64.6 cm³/mol. The van der Waals surface area contributed by atoms with Crippen molar-refractivity contribution in [3.63, 3.8) is 0 Å². The molecule has 1 aliphatic rings. The molecule has 18 heavy (non-hydrogen) atoms. The van der Waals surface area contributed by atoms with Gasteiger partial charge in [0.2, 0.25) is 11.8 Å². The Morgan fingerprint density at radius 2 is 2.28 bits per heavy atom. The highest BCUT2D eigenvalue weighted by molar-refractivity contribution is 5.97. The van der Waals surface area contributed by atoms with Crippen molar-refractivity contribution in [2.45, 2.75) is 13.0 Å². The minimum Gasteiger partial charge on any atom is -0.353 e. The van der Waals surface area contributed by atoms with Gasteiger partial charge in [-0.1, -0.05) is 12.1 Å². The Balaban J connectivity index is 2.05. The summed E-state index contributed by atoms with van der Waals surface area (Å²) in [6, 6.07) is 4.05. The van der Waals surface area contributed by atoms with Gasteiger partial charge in [0.05, 0.1) is 12.2 Å². The van der Waals surface area contributed by atoms with Gasteiger partial charge in [-0.3, -0.25) is 14.9 Å². The fraction of sp³-hybridized carbons (Fsp3) is 0.333. The molecule has 0 spiro atoms. The largest absolute Gasteiger partial charge is 0.353 e. The van der Waals surface area contributed by atoms with Crippen LogP contribution in [0.1, 0.15) is 5.56 Å². The molecule has 0 aliphatic carbocycles. The Morgan fingerprint density at radius 1 is 1.50 bits per heavy atom. The van der Waals surface area contributed by atoms with Crippen LogP contribution in [0, 0.1) is 12.7 Å². The van der Waals surface area contributed by atoms with E-state index in [0.29, 0.717) is 5.56 Å². The van der Waals surface area contributed by atoms with E-state index in [1.165, 1.54) is 6.07 Å². The van der Waals surface area contributed by atoms with Crippen LogP contribution < -0.4 is 16.0 Å². The number of aryl methyl sites for hydroxylation is 1. The maximum Gasteiger partial charge on any atom is 0.243 e. The number of carbonyl (C=O) groups is 2. The van der Waals surface area contributed by atoms with Gasteiger partial charge in [-0.15, -0.1) is 0 Å². The average molecular weight is 251 g/mol. The van der Waals surface area contributed by atoms with Crippen molar-refractivity contribution < 1.29 is 14.0 Å². The number of hydrogen-bond donors (Lipinski definition) is 3. The van der Waals surface area contributed by atoms with Crippen LogP contribution in [0.2, 0.25) is 0 Å². The van der Waals surface area contributed by atoms with Crippen LogP contribution in [0.5, 0.6) is 0 Å². The third-order valence-electron chi connectivity index (χ3n) is 2.80. The van der Waals surface area contributed by atoms with Gasteiger partial charge in [0.1, 0.15) is 11.9 Å². The van der Waals surface area contributed by atoms with E-state index in [9.17, 15) is 14.0 Å². The van der Waals surface area contributed by atoms with Crippen molar-refractivity contribution in [3.8, 4) is 0 Å². The van der Waals surface area contributed by atoms with E-state index in [-0.39, 0.29) is 30.6 Å². The molecule has 2 rings (SSSR count). The molecular weight excluding hydrogens is 237 g/mol. The Morgan fingerprint density at radius 3 is 2.89 bits per heavy atom. The van der Waals surface area contributed by atoms with Gasteiger partial charge in [0, 0.05) is 6.54 Å². The number of amides is 2. The minimum absolute atomic E-state index is 0.0916. The van der Waals surface area contributed by atoms with Crippen LogP contribution in [0.25, 0.3) is 0 Å². The predicted octanol–water partition coefficient (Wildman–Crippen LogP) is 0.161. The fourth-order valence-electron chi connectivity index (χ4n) is 1.75. The Labute approximate surface area is 104 Å². The molecule has 1 aliphatic heterocycles. The highest BCUT2D eigenvalue weighted by atomic mass is 19.1. The van der Waals surface area contributed by atoms with Crippen LogP contribution >= 0.6 is 0 Å². The summed E-state index contributed by atoms with van der Waals surface area (Å²) in [7, 11) is 0. The lowest BCUT2D eigenvalue weighted by molar-refractivity contribution is -0.124. The summed E-state index contributed by atoms with van der Waals surface area (Å²) in [4.78, 5) is 22.8. The van der Waals surface area contributed by atoms with Gasteiger partial charge in [0.25, 0.3) is 0 Å². The van der Waals surface area contributed by atoms with Crippen molar-refractivity contribution in [2.24, 2.45) is 0 Å². The zero-order valence-electron chi connectivity index (χ0n) is 9.92. The monoisotopic (exact) mass is 251 g/mol. The van der Waals surface area contributed by atoms with E-state index in [2.05, 4.69) is 16.0 Å². The van der Waals surface area contributed by atoms with Gasteiger partial charge in [0.15, 0.2) is 0 Å². The molecule has 1 atom stereocenters. The van der Waals surface area contributed by atoms with E-state index in [4.69, 9.17) is 0 Å². The van der Waals surface area contributed by atoms with E-state index in [0.717, 1.165) is 0 Å². The van der Waals surface area contributed by atoms with Crippen LogP contribution in [-0.2, 0) is 9.59 Å². The number of benzene rings is 1. The van der Waals surface area contributed by atoms with Crippen molar-refractivity contribution in [1.29, 1.82) is 0 Å². The Bertz CT molecular complexity index is 460. The molecule has 1 unspecified atom stereocenters. The van der Waals surface area contributed by atoms with E-state index < -0.39 is 11.9 Å². The molecule has 0 bridgehead atoms. The standard InChI is InChI=1S/C12H14FN3O2/c1-7-3-2-4-8(13)11(7)16-12(18)9-5-15-10(17)6-14-9/h2-4,9,14H,5-6H2,1H3,(H,15,17)(H,16,18). The summed E-state index contributed by atoms with van der Waals surface area (Å²) < 4.78 is 13.5. The number of piperazine rings is 1. The number of hydrogen-bond acceptors (Lipinski definition) is 3. The van der Waals surface area contributed by atoms with Gasteiger partial charge in [-0.2, -0.15) is 0 Å². The highest BCUT2D eigenvalue weighted by Crippen LogP contribution is 2.18. The lowest BCUT2D eigenvalue weighted by atomic mass is 10.1. The molecule has 5 nitrogen and oxygen atoms in total. The van der Waals surface area contributed by atoms with E-state index in [1.807, 2.05) is 0 Å². The number of halogens is 1. The molecule has 1 aromatic carbocycles. The first kappa shape index (κ1) is 12.5. The first-order valence-electron chi connectivity index (χ1n) is 5.64. The molecule has 1 heterocycles. The number of para-hydroxylation sites is 1. The van der Waals surface area contributed by atoms with Gasteiger partial charge in [-0.25, -0.2) is 4.39 Å². The first-order chi connectivity index (χ1) is 8.58. The fourth-order valence-corrected chi connectivity index (χ4v) is 1.75. The highest BCUT2D eigenvalue weighted by Gasteiger charge is 2.24. The summed E-state index contributed by atoms with van der Waals surface area (Å²) in [5.74, 6) is -0.979. The number of carbonyl (C=O) groups excluding carboxylic acids is 2. The van der Waals surface area contributed by atoms with Crippen molar-refractivity contribution >= 4 is 17.5 Å². The molecule has 96 valence electrons. The normalized spacial score (nSPS) is 19.2. The molecule has 0 saturated carbocycles. The van der Waals surface area contributed by atoms with Crippen molar-refractivity contribution in [2.75, 3.05) is 18.4 Å². The molecule has 3 N–H and O–H groups in total. The lowest BCUT2D eigenvalue weighted by Gasteiger charge is -2.23. The lowest BCUT2D eigenvalue weighted by Crippen LogP contribution is -2.56. The molecule has 2 amide bonds. The summed E-state index contributed by atoms with van der Waals surface area (Å²) in [6.07, 6.45) is 0. The number of nitrogens with one attached hydrogen (secondary N) is 3. The summed E-state index contributed by atoms with van der Waals surface area (Å²) >= 11 is 0. The van der Waals surface area contributed by atoms with Gasteiger partial charge < -0.3 is 10.6 Å². The smallest absolute Gasteiger partial charge is 0.243 e. The summed E-state index contributed by atoms with van der Waals surface area (Å²) in [5.41, 5.74) is 0.837. The molecule has 1 saturated heterocycles. The van der Waals surface area contributed by atoms with Gasteiger partial charge in [-0.05, 0) is 18.6 Å². The molecule has 0 radical (unpaired) electrons. The summed E-state index contributed by atoms with van der Waals surface area (Å²) in [5, 5.41) is 7.89. The second-order valence-electron chi connectivity index (χ2n) is 4.16. The average Bonchev–Trinajstić information content (AvgIpc) is 2.34. The molecule has 1 fully saturated rings.